The highest BCUT2D eigenvalue weighted by Crippen LogP contribution is 2.31. The van der Waals surface area contributed by atoms with Gasteiger partial charge in [0.2, 0.25) is 0 Å². The lowest BCUT2D eigenvalue weighted by Crippen LogP contribution is -2.53. The van der Waals surface area contributed by atoms with E-state index in [0.717, 1.165) is 43.0 Å². The Bertz CT molecular complexity index is 674. The summed E-state index contributed by atoms with van der Waals surface area (Å²) in [7, 11) is 0. The van der Waals surface area contributed by atoms with Gasteiger partial charge in [-0.05, 0) is 31.5 Å². The average molecular weight is 375 g/mol. The number of nitrogens with zero attached hydrogens (tertiary/aromatic N) is 2. The van der Waals surface area contributed by atoms with Crippen LogP contribution < -0.4 is 5.32 Å². The van der Waals surface area contributed by atoms with Crippen molar-refractivity contribution in [1.82, 2.24) is 20.4 Å². The van der Waals surface area contributed by atoms with E-state index >= 15 is 0 Å². The summed E-state index contributed by atoms with van der Waals surface area (Å²) < 4.78 is 38.1. The molecule has 1 saturated heterocycles. The van der Waals surface area contributed by atoms with Gasteiger partial charge in [-0.2, -0.15) is 18.3 Å². The number of aromatic nitrogens is 2. The van der Waals surface area contributed by atoms with Crippen LogP contribution in [0.3, 0.4) is 0 Å². The van der Waals surface area contributed by atoms with Crippen LogP contribution in [0.15, 0.2) is 30.5 Å². The van der Waals surface area contributed by atoms with E-state index in [0.29, 0.717) is 17.6 Å². The second-order valence-corrected chi connectivity index (χ2v) is 6.51. The molecule has 2 atom stereocenters. The molecule has 0 bridgehead atoms. The Labute approximate surface area is 151 Å². The molecule has 1 aliphatic heterocycles. The Balaban J connectivity index is 0.00000225. The van der Waals surface area contributed by atoms with Gasteiger partial charge in [-0.1, -0.05) is 12.1 Å². The van der Waals surface area contributed by atoms with E-state index in [4.69, 9.17) is 0 Å². The molecule has 2 N–H and O–H groups in total. The molecule has 0 aliphatic carbocycles. The predicted octanol–water partition coefficient (Wildman–Crippen LogP) is 3.70. The van der Waals surface area contributed by atoms with Crippen molar-refractivity contribution in [2.75, 3.05) is 13.1 Å². The van der Waals surface area contributed by atoms with Crippen LogP contribution in [0.1, 0.15) is 25.0 Å². The van der Waals surface area contributed by atoms with Crippen molar-refractivity contribution in [3.8, 4) is 11.3 Å². The topological polar surface area (TPSA) is 44.0 Å². The lowest BCUT2D eigenvalue weighted by atomic mass is 10.0. The Kier molecular flexibility index (Phi) is 6.13. The van der Waals surface area contributed by atoms with E-state index in [1.165, 1.54) is 12.1 Å². The molecule has 2 aromatic rings. The highest BCUT2D eigenvalue weighted by Gasteiger charge is 2.30. The molecule has 0 amide bonds. The second-order valence-electron chi connectivity index (χ2n) is 6.51. The Morgan fingerprint density at radius 3 is 2.28 bits per heavy atom. The van der Waals surface area contributed by atoms with Crippen LogP contribution in [0.2, 0.25) is 0 Å². The van der Waals surface area contributed by atoms with Gasteiger partial charge in [0.15, 0.2) is 0 Å². The predicted molar refractivity (Wildman–Crippen MR) is 93.6 cm³/mol. The van der Waals surface area contributed by atoms with Crippen LogP contribution >= 0.6 is 12.4 Å². The van der Waals surface area contributed by atoms with Gasteiger partial charge in [0, 0.05) is 37.3 Å². The maximum Gasteiger partial charge on any atom is 0.416 e. The fraction of sp³-hybridized carbons (Fsp3) is 0.471. The zero-order valence-corrected chi connectivity index (χ0v) is 14.9. The van der Waals surface area contributed by atoms with Crippen LogP contribution in [-0.2, 0) is 12.7 Å². The Morgan fingerprint density at radius 1 is 1.12 bits per heavy atom. The summed E-state index contributed by atoms with van der Waals surface area (Å²) in [6.07, 6.45) is -2.56. The van der Waals surface area contributed by atoms with Crippen molar-refractivity contribution in [2.45, 2.75) is 38.7 Å². The number of nitrogens with one attached hydrogen (secondary N) is 2. The highest BCUT2D eigenvalue weighted by atomic mass is 35.5. The minimum atomic E-state index is -4.32. The smallest absolute Gasteiger partial charge is 0.309 e. The van der Waals surface area contributed by atoms with Crippen molar-refractivity contribution in [3.63, 3.8) is 0 Å². The van der Waals surface area contributed by atoms with Gasteiger partial charge in [-0.15, -0.1) is 12.4 Å². The van der Waals surface area contributed by atoms with Crippen molar-refractivity contribution < 1.29 is 13.2 Å². The monoisotopic (exact) mass is 374 g/mol. The number of hydrogen-bond donors (Lipinski definition) is 2. The molecule has 2 heterocycles. The lowest BCUT2D eigenvalue weighted by molar-refractivity contribution is -0.137. The molecule has 0 radical (unpaired) electrons. The molecule has 4 nitrogen and oxygen atoms in total. The molecule has 1 aromatic heterocycles. The molecule has 1 aliphatic rings. The first kappa shape index (κ1) is 19.8. The van der Waals surface area contributed by atoms with Crippen molar-refractivity contribution >= 4 is 12.4 Å². The average Bonchev–Trinajstić information content (AvgIpc) is 2.93. The maximum absolute atomic E-state index is 12.7. The van der Waals surface area contributed by atoms with E-state index < -0.39 is 11.7 Å². The molecular weight excluding hydrogens is 353 g/mol. The molecule has 0 spiro atoms. The Morgan fingerprint density at radius 2 is 1.72 bits per heavy atom. The quantitative estimate of drug-likeness (QED) is 0.861. The molecule has 1 aromatic carbocycles. The third-order valence-electron chi connectivity index (χ3n) is 4.25. The van der Waals surface area contributed by atoms with Gasteiger partial charge in [0.05, 0.1) is 17.5 Å². The van der Waals surface area contributed by atoms with E-state index in [1.807, 2.05) is 0 Å². The van der Waals surface area contributed by atoms with E-state index in [-0.39, 0.29) is 12.4 Å². The van der Waals surface area contributed by atoms with Gasteiger partial charge in [0.25, 0.3) is 0 Å². The first-order valence-electron chi connectivity index (χ1n) is 8.01. The van der Waals surface area contributed by atoms with E-state index in [1.54, 1.807) is 6.20 Å². The normalized spacial score (nSPS) is 21.8. The zero-order chi connectivity index (χ0) is 17.3. The molecule has 138 valence electrons. The van der Waals surface area contributed by atoms with Crippen molar-refractivity contribution in [1.29, 1.82) is 0 Å². The summed E-state index contributed by atoms with van der Waals surface area (Å²) in [5.74, 6) is 0. The van der Waals surface area contributed by atoms with Crippen LogP contribution in [-0.4, -0.2) is 40.3 Å². The van der Waals surface area contributed by atoms with Crippen molar-refractivity contribution in [2.24, 2.45) is 0 Å². The molecule has 3 rings (SSSR count). The summed E-state index contributed by atoms with van der Waals surface area (Å²) >= 11 is 0. The number of benzene rings is 1. The van der Waals surface area contributed by atoms with E-state index in [9.17, 15) is 13.2 Å². The number of hydrogen-bond acceptors (Lipinski definition) is 3. The SMILES string of the molecule is CC1CN(Cc2cn[nH]c2-c2ccc(C(F)(F)F)cc2)CC(C)N1.Cl. The molecular formula is C17H22ClF3N4. The second kappa shape index (κ2) is 7.76. The number of alkyl halides is 3. The molecule has 1 fully saturated rings. The number of piperazine rings is 1. The standard InChI is InChI=1S/C17H21F3N4.ClH/c1-11-8-24(9-12(2)22-11)10-14-7-21-23-16(14)13-3-5-15(6-4-13)17(18,19)20;/h3-7,11-12,22H,8-10H2,1-2H3,(H,21,23);1H. The summed E-state index contributed by atoms with van der Waals surface area (Å²) in [4.78, 5) is 2.34. The van der Waals surface area contributed by atoms with Gasteiger partial charge >= 0.3 is 6.18 Å². The third-order valence-corrected chi connectivity index (χ3v) is 4.25. The first-order valence-corrected chi connectivity index (χ1v) is 8.01. The first-order chi connectivity index (χ1) is 11.3. The van der Waals surface area contributed by atoms with Crippen LogP contribution in [0.4, 0.5) is 13.2 Å². The molecule has 0 saturated carbocycles. The summed E-state index contributed by atoms with van der Waals surface area (Å²) in [5, 5.41) is 10.5. The van der Waals surface area contributed by atoms with Crippen molar-refractivity contribution in [3.05, 3.63) is 41.6 Å². The van der Waals surface area contributed by atoms with Gasteiger partial charge in [0.1, 0.15) is 0 Å². The Hall–Kier alpha value is -1.57. The minimum absolute atomic E-state index is 0. The highest BCUT2D eigenvalue weighted by molar-refractivity contribution is 5.85. The number of halogens is 4. The largest absolute Gasteiger partial charge is 0.416 e. The fourth-order valence-corrected chi connectivity index (χ4v) is 3.32. The number of aromatic amines is 1. The maximum atomic E-state index is 12.7. The van der Waals surface area contributed by atoms with Gasteiger partial charge in [-0.25, -0.2) is 0 Å². The van der Waals surface area contributed by atoms with E-state index in [2.05, 4.69) is 34.3 Å². The lowest BCUT2D eigenvalue weighted by Gasteiger charge is -2.36. The number of rotatable bonds is 3. The third kappa shape index (κ3) is 4.74. The van der Waals surface area contributed by atoms with Gasteiger partial charge in [-0.3, -0.25) is 10.00 Å². The summed E-state index contributed by atoms with van der Waals surface area (Å²) in [6, 6.07) is 6.01. The minimum Gasteiger partial charge on any atom is -0.309 e. The zero-order valence-electron chi connectivity index (χ0n) is 14.1. The molecule has 8 heteroatoms. The van der Waals surface area contributed by atoms with Gasteiger partial charge < -0.3 is 5.32 Å². The number of H-pyrrole nitrogens is 1. The van der Waals surface area contributed by atoms with Crippen LogP contribution in [0, 0.1) is 0 Å². The molecule has 2 unspecified atom stereocenters. The summed E-state index contributed by atoms with van der Waals surface area (Å²) in [6.45, 7) is 6.89. The summed E-state index contributed by atoms with van der Waals surface area (Å²) in [5.41, 5.74) is 1.85. The van der Waals surface area contributed by atoms with Crippen LogP contribution in [0.25, 0.3) is 11.3 Å². The molecule has 25 heavy (non-hydrogen) atoms. The fourth-order valence-electron chi connectivity index (χ4n) is 3.32. The van der Waals surface area contributed by atoms with Crippen LogP contribution in [0.5, 0.6) is 0 Å².